The van der Waals surface area contributed by atoms with E-state index in [0.29, 0.717) is 5.57 Å². The number of rotatable bonds is 11. The molecule has 2 heterocycles. The van der Waals surface area contributed by atoms with E-state index in [2.05, 4.69) is 5.32 Å². The summed E-state index contributed by atoms with van der Waals surface area (Å²) < 4.78 is 16.8. The summed E-state index contributed by atoms with van der Waals surface area (Å²) >= 11 is 2.36. The van der Waals surface area contributed by atoms with E-state index in [1.807, 2.05) is 66.7 Å². The second-order valence-electron chi connectivity index (χ2n) is 8.82. The molecule has 12 heteroatoms. The minimum Gasteiger partial charge on any atom is -0.461 e. The highest BCUT2D eigenvalue weighted by atomic mass is 32.2. The Bertz CT molecular complexity index is 1310. The van der Waals surface area contributed by atoms with Crippen LogP contribution in [0.1, 0.15) is 24.2 Å². The van der Waals surface area contributed by atoms with Crippen LogP contribution < -0.4 is 5.32 Å². The highest BCUT2D eigenvalue weighted by Crippen LogP contribution is 2.47. The Labute approximate surface area is 240 Å². The molecule has 208 valence electrons. The standard InChI is InChI=1S/C28H27N3O7S2/c1-18(32)37-15-21-16-40-27-28(36-2,30-22(33)17-39-14-13-29)26(35)31(27)23(21)25(34)38-24(19-9-5-3-6-10-19)20-11-7-4-8-12-20/h3-12,24,27H,14-17H2,1-2H3,(H,30,33)/t27-,28+/m1/s1. The quantitative estimate of drug-likeness (QED) is 0.183. The van der Waals surface area contributed by atoms with Crippen LogP contribution in [0.2, 0.25) is 0 Å². The molecule has 1 fully saturated rings. The summed E-state index contributed by atoms with van der Waals surface area (Å²) in [5.41, 5.74) is 0.109. The molecule has 2 aromatic carbocycles. The van der Waals surface area contributed by atoms with Crippen LogP contribution in [0.3, 0.4) is 0 Å². The number of ether oxygens (including phenoxy) is 3. The molecule has 0 aromatic heterocycles. The predicted molar refractivity (Wildman–Crippen MR) is 148 cm³/mol. The summed E-state index contributed by atoms with van der Waals surface area (Å²) in [6.45, 7) is 1.05. The number of carbonyl (C=O) groups excluding carboxylic acids is 4. The molecule has 0 aliphatic carbocycles. The molecule has 10 nitrogen and oxygen atoms in total. The average Bonchev–Trinajstić information content (AvgIpc) is 2.97. The van der Waals surface area contributed by atoms with E-state index in [4.69, 9.17) is 19.5 Å². The lowest BCUT2D eigenvalue weighted by atomic mass is 9.97. The third-order valence-corrected chi connectivity index (χ3v) is 8.40. The highest BCUT2D eigenvalue weighted by Gasteiger charge is 2.66. The number of nitriles is 1. The molecule has 0 bridgehead atoms. The summed E-state index contributed by atoms with van der Waals surface area (Å²) in [4.78, 5) is 52.8. The van der Waals surface area contributed by atoms with Crippen LogP contribution in [0.4, 0.5) is 0 Å². The predicted octanol–water partition coefficient (Wildman–Crippen LogP) is 2.77. The Balaban J connectivity index is 1.65. The van der Waals surface area contributed by atoms with Gasteiger partial charge in [-0.15, -0.1) is 23.5 Å². The third-order valence-electron chi connectivity index (χ3n) is 6.23. The van der Waals surface area contributed by atoms with Gasteiger partial charge in [-0.1, -0.05) is 60.7 Å². The zero-order valence-electron chi connectivity index (χ0n) is 21.8. The van der Waals surface area contributed by atoms with Gasteiger partial charge in [0.25, 0.3) is 11.6 Å². The lowest BCUT2D eigenvalue weighted by molar-refractivity contribution is -0.193. The number of thioether (sulfide) groups is 2. The smallest absolute Gasteiger partial charge is 0.356 e. The monoisotopic (exact) mass is 581 g/mol. The molecular formula is C28H27N3O7S2. The number of methoxy groups -OCH3 is 1. The third kappa shape index (κ3) is 6.01. The van der Waals surface area contributed by atoms with Gasteiger partial charge in [0.15, 0.2) is 6.10 Å². The summed E-state index contributed by atoms with van der Waals surface area (Å²) in [5.74, 6) is -2.16. The first-order valence-corrected chi connectivity index (χ1v) is 14.4. The topological polar surface area (TPSA) is 135 Å². The van der Waals surface area contributed by atoms with Crippen molar-refractivity contribution in [2.45, 2.75) is 24.1 Å². The fourth-order valence-corrected chi connectivity index (χ4v) is 6.28. The fraction of sp³-hybridized carbons (Fsp3) is 0.321. The molecule has 1 N–H and O–H groups in total. The maximum Gasteiger partial charge on any atom is 0.356 e. The molecule has 4 rings (SSSR count). The number of fused-ring (bicyclic) bond motifs is 1. The Morgan fingerprint density at radius 2 is 1.77 bits per heavy atom. The van der Waals surface area contributed by atoms with E-state index in [-0.39, 0.29) is 29.6 Å². The van der Waals surface area contributed by atoms with Gasteiger partial charge < -0.3 is 19.5 Å². The first-order chi connectivity index (χ1) is 19.3. The van der Waals surface area contributed by atoms with E-state index in [0.717, 1.165) is 22.9 Å². The van der Waals surface area contributed by atoms with Crippen molar-refractivity contribution in [1.82, 2.24) is 10.2 Å². The van der Waals surface area contributed by atoms with Gasteiger partial charge in [-0.3, -0.25) is 19.3 Å². The molecule has 0 saturated carbocycles. The van der Waals surface area contributed by atoms with Gasteiger partial charge in [-0.2, -0.15) is 5.26 Å². The molecule has 40 heavy (non-hydrogen) atoms. The van der Waals surface area contributed by atoms with Crippen molar-refractivity contribution in [3.05, 3.63) is 83.1 Å². The molecule has 1 saturated heterocycles. The molecule has 0 unspecified atom stereocenters. The van der Waals surface area contributed by atoms with Gasteiger partial charge in [0.05, 0.1) is 17.6 Å². The highest BCUT2D eigenvalue weighted by molar-refractivity contribution is 8.00. The number of nitrogens with zero attached hydrogens (tertiary/aromatic N) is 2. The molecule has 2 aliphatic rings. The van der Waals surface area contributed by atoms with Crippen molar-refractivity contribution >= 4 is 47.3 Å². The SMILES string of the molecule is CO[C@@]1(NC(=O)CSCC#N)C(=O)N2C(C(=O)OC(c3ccccc3)c3ccccc3)=C(COC(C)=O)CS[C@@H]21. The maximum absolute atomic E-state index is 13.9. The summed E-state index contributed by atoms with van der Waals surface area (Å²) in [7, 11) is 1.30. The molecule has 2 aliphatic heterocycles. The van der Waals surface area contributed by atoms with E-state index in [1.165, 1.54) is 30.7 Å². The van der Waals surface area contributed by atoms with Gasteiger partial charge in [0.2, 0.25) is 5.91 Å². The second kappa shape index (κ2) is 13.0. The Morgan fingerprint density at radius 1 is 1.15 bits per heavy atom. The maximum atomic E-state index is 13.9. The Morgan fingerprint density at radius 3 is 2.33 bits per heavy atom. The summed E-state index contributed by atoms with van der Waals surface area (Å²) in [6.07, 6.45) is -0.772. The molecular weight excluding hydrogens is 554 g/mol. The van der Waals surface area contributed by atoms with Gasteiger partial charge in [0.1, 0.15) is 17.7 Å². The molecule has 0 radical (unpaired) electrons. The minimum absolute atomic E-state index is 0.0401. The van der Waals surface area contributed by atoms with Crippen LogP contribution in [0.25, 0.3) is 0 Å². The van der Waals surface area contributed by atoms with Crippen molar-refractivity contribution in [1.29, 1.82) is 5.26 Å². The van der Waals surface area contributed by atoms with Crippen molar-refractivity contribution in [2.75, 3.05) is 31.0 Å². The Hall–Kier alpha value is -3.79. The van der Waals surface area contributed by atoms with Crippen LogP contribution in [0, 0.1) is 11.3 Å². The van der Waals surface area contributed by atoms with Gasteiger partial charge in [-0.05, 0) is 11.1 Å². The van der Waals surface area contributed by atoms with Crippen molar-refractivity contribution in [3.63, 3.8) is 0 Å². The Kier molecular flexibility index (Phi) is 9.52. The number of hydrogen-bond donors (Lipinski definition) is 1. The van der Waals surface area contributed by atoms with Crippen molar-refractivity contribution in [2.24, 2.45) is 0 Å². The lowest BCUT2D eigenvalue weighted by Crippen LogP contribution is -2.80. The van der Waals surface area contributed by atoms with Crippen LogP contribution in [-0.2, 0) is 33.4 Å². The molecule has 2 aromatic rings. The summed E-state index contributed by atoms with van der Waals surface area (Å²) in [5, 5.41) is 10.6. The van der Waals surface area contributed by atoms with E-state index in [1.54, 1.807) is 0 Å². The molecule has 0 spiro atoms. The molecule has 2 amide bonds. The van der Waals surface area contributed by atoms with Crippen molar-refractivity contribution < 1.29 is 33.4 Å². The van der Waals surface area contributed by atoms with Crippen LogP contribution in [0.5, 0.6) is 0 Å². The zero-order valence-corrected chi connectivity index (χ0v) is 23.5. The molecule has 2 atom stereocenters. The van der Waals surface area contributed by atoms with E-state index in [9.17, 15) is 19.2 Å². The fourth-order valence-electron chi connectivity index (χ4n) is 4.41. The van der Waals surface area contributed by atoms with Crippen LogP contribution in [-0.4, -0.2) is 70.7 Å². The number of hydrogen-bond acceptors (Lipinski definition) is 10. The first-order valence-electron chi connectivity index (χ1n) is 12.2. The number of benzene rings is 2. The minimum atomic E-state index is -1.70. The second-order valence-corrected chi connectivity index (χ2v) is 10.9. The van der Waals surface area contributed by atoms with Gasteiger partial charge in [-0.25, -0.2) is 4.79 Å². The number of β-lactam (4-membered cyclic amide) rings is 1. The lowest BCUT2D eigenvalue weighted by Gasteiger charge is -2.56. The largest absolute Gasteiger partial charge is 0.461 e. The number of amides is 2. The van der Waals surface area contributed by atoms with Gasteiger partial charge in [0, 0.05) is 25.4 Å². The van der Waals surface area contributed by atoms with Crippen LogP contribution in [0.15, 0.2) is 71.9 Å². The number of carbonyl (C=O) groups is 4. The normalized spacial score (nSPS) is 19.8. The van der Waals surface area contributed by atoms with E-state index >= 15 is 0 Å². The number of esters is 2. The van der Waals surface area contributed by atoms with Crippen LogP contribution >= 0.6 is 23.5 Å². The van der Waals surface area contributed by atoms with E-state index < -0.39 is 41.0 Å². The first kappa shape index (κ1) is 29.2. The summed E-state index contributed by atoms with van der Waals surface area (Å²) in [6, 6.07) is 20.3. The zero-order chi connectivity index (χ0) is 28.7. The van der Waals surface area contributed by atoms with Crippen molar-refractivity contribution in [3.8, 4) is 6.07 Å². The van der Waals surface area contributed by atoms with Gasteiger partial charge >= 0.3 is 11.9 Å². The number of nitrogens with one attached hydrogen (secondary N) is 1. The average molecular weight is 582 g/mol.